The maximum atomic E-state index is 14.1. The molecule has 1 N–H and O–H groups in total. The fraction of sp³-hybridized carbons (Fsp3) is 0.560. The van der Waals surface area contributed by atoms with Crippen LogP contribution in [-0.4, -0.2) is 38.8 Å². The minimum atomic E-state index is -0.208. The van der Waals surface area contributed by atoms with Crippen molar-refractivity contribution >= 4 is 5.91 Å². The first-order valence-corrected chi connectivity index (χ1v) is 12.0. The van der Waals surface area contributed by atoms with E-state index in [0.717, 1.165) is 56.3 Å². The number of hydrogen-bond acceptors (Lipinski definition) is 4. The van der Waals surface area contributed by atoms with Gasteiger partial charge in [-0.15, -0.1) is 0 Å². The number of nitrogens with one attached hydrogen (secondary N) is 1. The zero-order valence-electron chi connectivity index (χ0n) is 18.5. The predicted molar refractivity (Wildman–Crippen MR) is 119 cm³/mol. The molecular formula is C25H31FN4O2. The van der Waals surface area contributed by atoms with Gasteiger partial charge in [-0.1, -0.05) is 37.5 Å². The molecule has 32 heavy (non-hydrogen) atoms. The van der Waals surface area contributed by atoms with Crippen molar-refractivity contribution in [2.75, 3.05) is 13.1 Å². The Morgan fingerprint density at radius 1 is 1.09 bits per heavy atom. The number of aromatic amines is 1. The summed E-state index contributed by atoms with van der Waals surface area (Å²) in [4.78, 5) is 38.0. The second-order valence-corrected chi connectivity index (χ2v) is 9.45. The van der Waals surface area contributed by atoms with Crippen LogP contribution in [0.5, 0.6) is 0 Å². The van der Waals surface area contributed by atoms with Gasteiger partial charge in [-0.3, -0.25) is 14.5 Å². The second kappa shape index (κ2) is 9.14. The highest BCUT2D eigenvalue weighted by Crippen LogP contribution is 2.34. The quantitative estimate of drug-likeness (QED) is 0.790. The van der Waals surface area contributed by atoms with E-state index in [1.54, 1.807) is 12.1 Å². The van der Waals surface area contributed by atoms with Gasteiger partial charge in [-0.05, 0) is 38.2 Å². The number of fused-ring (bicyclic) bond motifs is 1. The van der Waals surface area contributed by atoms with E-state index in [1.165, 1.54) is 12.5 Å². The Morgan fingerprint density at radius 2 is 1.91 bits per heavy atom. The summed E-state index contributed by atoms with van der Waals surface area (Å²) in [7, 11) is 0. The molecule has 3 heterocycles. The molecule has 1 atom stereocenters. The molecule has 170 valence electrons. The lowest BCUT2D eigenvalue weighted by molar-refractivity contribution is -0.137. The molecule has 6 nitrogen and oxygen atoms in total. The minimum Gasteiger partial charge on any atom is -0.332 e. The molecule has 0 radical (unpaired) electrons. The van der Waals surface area contributed by atoms with E-state index in [2.05, 4.69) is 9.88 Å². The number of hydrogen-bond donors (Lipinski definition) is 1. The molecule has 2 aliphatic heterocycles. The van der Waals surface area contributed by atoms with Crippen LogP contribution < -0.4 is 5.56 Å². The molecule has 2 fully saturated rings. The minimum absolute atomic E-state index is 0.0903. The molecule has 3 aliphatic rings. The largest absolute Gasteiger partial charge is 0.332 e. The standard InChI is InChI=1S/C25H31FN4O2/c26-20-10-5-4-9-18(20)15-29-14-12-19-21(16-29)27-23(28-24(19)31)22-11-6-13-30(22)25(32)17-7-2-1-3-8-17/h4-5,9-10,17,22H,1-3,6-8,11-16H2,(H,27,28,31)/t22-/m0/s1. The number of benzene rings is 1. The summed E-state index contributed by atoms with van der Waals surface area (Å²) in [5.41, 5.74) is 2.05. The number of likely N-dealkylation sites (tertiary alicyclic amines) is 1. The molecule has 1 aliphatic carbocycles. The molecule has 7 heteroatoms. The van der Waals surface area contributed by atoms with Gasteiger partial charge in [-0.25, -0.2) is 9.37 Å². The maximum absolute atomic E-state index is 14.1. The number of H-pyrrole nitrogens is 1. The number of rotatable bonds is 4. The number of amides is 1. The smallest absolute Gasteiger partial charge is 0.254 e. The Bertz CT molecular complexity index is 1050. The van der Waals surface area contributed by atoms with E-state index in [0.29, 0.717) is 37.4 Å². The fourth-order valence-electron chi connectivity index (χ4n) is 5.57. The third-order valence-corrected chi connectivity index (χ3v) is 7.33. The van der Waals surface area contributed by atoms with Gasteiger partial charge in [0.25, 0.3) is 5.56 Å². The summed E-state index contributed by atoms with van der Waals surface area (Å²) in [5.74, 6) is 0.752. The Morgan fingerprint density at radius 3 is 2.72 bits per heavy atom. The van der Waals surface area contributed by atoms with Crippen molar-refractivity contribution in [3.05, 3.63) is 63.1 Å². The SMILES string of the molecule is O=C(C1CCCCC1)N1CCC[C@H]1c1nc2c(c(=O)[nH]1)CCN(Cc1ccccc1F)C2. The zero-order chi connectivity index (χ0) is 22.1. The lowest BCUT2D eigenvalue weighted by atomic mass is 9.88. The molecule has 1 aromatic carbocycles. The van der Waals surface area contributed by atoms with Crippen molar-refractivity contribution in [1.29, 1.82) is 0 Å². The highest BCUT2D eigenvalue weighted by atomic mass is 19.1. The normalized spacial score (nSPS) is 22.2. The summed E-state index contributed by atoms with van der Waals surface area (Å²) < 4.78 is 14.1. The van der Waals surface area contributed by atoms with E-state index in [4.69, 9.17) is 4.98 Å². The highest BCUT2D eigenvalue weighted by Gasteiger charge is 2.36. The first-order chi connectivity index (χ1) is 15.6. The fourth-order valence-corrected chi connectivity index (χ4v) is 5.57. The van der Waals surface area contributed by atoms with E-state index in [9.17, 15) is 14.0 Å². The van der Waals surface area contributed by atoms with Crippen molar-refractivity contribution < 1.29 is 9.18 Å². The van der Waals surface area contributed by atoms with Crippen molar-refractivity contribution in [3.8, 4) is 0 Å². The van der Waals surface area contributed by atoms with Crippen molar-refractivity contribution in [1.82, 2.24) is 19.8 Å². The summed E-state index contributed by atoms with van der Waals surface area (Å²) in [6.07, 6.45) is 7.78. The number of carbonyl (C=O) groups is 1. The highest BCUT2D eigenvalue weighted by molar-refractivity contribution is 5.79. The molecule has 1 amide bonds. The molecule has 0 spiro atoms. The third kappa shape index (κ3) is 4.22. The molecule has 1 saturated heterocycles. The maximum Gasteiger partial charge on any atom is 0.254 e. The average Bonchev–Trinajstić information content (AvgIpc) is 3.30. The van der Waals surface area contributed by atoms with Crippen LogP contribution >= 0.6 is 0 Å². The average molecular weight is 439 g/mol. The molecular weight excluding hydrogens is 407 g/mol. The van der Waals surface area contributed by atoms with Gasteiger partial charge in [0.15, 0.2) is 0 Å². The Labute approximate surface area is 187 Å². The molecule has 1 saturated carbocycles. The Kier molecular flexibility index (Phi) is 6.09. The van der Waals surface area contributed by atoms with Gasteiger partial charge in [0.1, 0.15) is 11.6 Å². The van der Waals surface area contributed by atoms with Gasteiger partial charge >= 0.3 is 0 Å². The number of nitrogens with zero attached hydrogens (tertiary/aromatic N) is 3. The van der Waals surface area contributed by atoms with Crippen molar-refractivity contribution in [2.24, 2.45) is 5.92 Å². The van der Waals surface area contributed by atoms with Gasteiger partial charge in [-0.2, -0.15) is 0 Å². The van der Waals surface area contributed by atoms with Crippen LogP contribution in [0.3, 0.4) is 0 Å². The summed E-state index contributed by atoms with van der Waals surface area (Å²) in [5, 5.41) is 0. The summed E-state index contributed by atoms with van der Waals surface area (Å²) >= 11 is 0. The number of halogens is 1. The second-order valence-electron chi connectivity index (χ2n) is 9.45. The summed E-state index contributed by atoms with van der Waals surface area (Å²) in [6, 6.07) is 6.67. The van der Waals surface area contributed by atoms with Crippen LogP contribution in [0.2, 0.25) is 0 Å². The number of carbonyl (C=O) groups excluding carboxylic acids is 1. The van der Waals surface area contributed by atoms with Crippen LogP contribution in [0.4, 0.5) is 4.39 Å². The van der Waals surface area contributed by atoms with E-state index in [-0.39, 0.29) is 29.2 Å². The van der Waals surface area contributed by atoms with Crippen molar-refractivity contribution in [2.45, 2.75) is 70.5 Å². The monoisotopic (exact) mass is 438 g/mol. The van der Waals surface area contributed by atoms with Crippen molar-refractivity contribution in [3.63, 3.8) is 0 Å². The van der Waals surface area contributed by atoms with Crippen LogP contribution in [0.1, 0.15) is 73.6 Å². The first-order valence-electron chi connectivity index (χ1n) is 12.0. The molecule has 5 rings (SSSR count). The number of aromatic nitrogens is 2. The van der Waals surface area contributed by atoms with E-state index in [1.807, 2.05) is 11.0 Å². The Hall–Kier alpha value is -2.54. The van der Waals surface area contributed by atoms with Crippen LogP contribution in [0.15, 0.2) is 29.1 Å². The lowest BCUT2D eigenvalue weighted by Crippen LogP contribution is -2.39. The predicted octanol–water partition coefficient (Wildman–Crippen LogP) is 3.71. The topological polar surface area (TPSA) is 69.3 Å². The Balaban J connectivity index is 1.36. The van der Waals surface area contributed by atoms with Crippen LogP contribution in [0.25, 0.3) is 0 Å². The zero-order valence-corrected chi connectivity index (χ0v) is 18.5. The molecule has 2 aromatic rings. The van der Waals surface area contributed by atoms with Crippen LogP contribution in [0, 0.1) is 11.7 Å². The van der Waals surface area contributed by atoms with Gasteiger partial charge in [0.05, 0.1) is 11.7 Å². The lowest BCUT2D eigenvalue weighted by Gasteiger charge is -2.31. The van der Waals surface area contributed by atoms with E-state index >= 15 is 0 Å². The van der Waals surface area contributed by atoms with E-state index < -0.39 is 0 Å². The van der Waals surface area contributed by atoms with Crippen LogP contribution in [-0.2, 0) is 24.3 Å². The summed E-state index contributed by atoms with van der Waals surface area (Å²) in [6.45, 7) is 2.44. The van der Waals surface area contributed by atoms with Gasteiger partial charge in [0.2, 0.25) is 5.91 Å². The van der Waals surface area contributed by atoms with Gasteiger partial charge < -0.3 is 9.88 Å². The molecule has 0 unspecified atom stereocenters. The third-order valence-electron chi connectivity index (χ3n) is 7.33. The van der Waals surface area contributed by atoms with Gasteiger partial charge in [0, 0.05) is 43.2 Å². The first kappa shape index (κ1) is 21.3. The molecule has 1 aromatic heterocycles. The molecule has 0 bridgehead atoms.